The van der Waals surface area contributed by atoms with Crippen LogP contribution in [0.1, 0.15) is 57.8 Å². The van der Waals surface area contributed by atoms with Crippen LogP contribution in [0.25, 0.3) is 39.3 Å². The van der Waals surface area contributed by atoms with Gasteiger partial charge in [0.25, 0.3) is 11.8 Å². The molecule has 0 unspecified atom stereocenters. The number of nitrogens with zero attached hydrogens (tertiary/aromatic N) is 7. The third kappa shape index (κ3) is 4.26. The highest BCUT2D eigenvalue weighted by atomic mass is 16.3. The minimum absolute atomic E-state index is 0.205. The van der Waals surface area contributed by atoms with Crippen molar-refractivity contribution in [3.05, 3.63) is 114 Å². The zero-order chi connectivity index (χ0) is 32.8. The second kappa shape index (κ2) is 10.3. The Morgan fingerprint density at radius 2 is 1.40 bits per heavy atom. The fraction of sp³-hybridized carbons (Fsp3) is 0.263. The van der Waals surface area contributed by atoms with Gasteiger partial charge in [-0.1, -0.05) is 66.7 Å². The molecule has 1 aliphatic heterocycles. The Bertz CT molecular complexity index is 2230. The zero-order valence-corrected chi connectivity index (χ0v) is 26.7. The van der Waals surface area contributed by atoms with Crippen molar-refractivity contribution in [3.63, 3.8) is 0 Å². The smallest absolute Gasteiger partial charge is 0.262 e. The van der Waals surface area contributed by atoms with E-state index in [1.165, 1.54) is 4.90 Å². The van der Waals surface area contributed by atoms with E-state index >= 15 is 0 Å². The van der Waals surface area contributed by atoms with E-state index < -0.39 is 11.1 Å². The predicted octanol–water partition coefficient (Wildman–Crippen LogP) is 5.49. The minimum atomic E-state index is -0.941. The molecule has 48 heavy (non-hydrogen) atoms. The summed E-state index contributed by atoms with van der Waals surface area (Å²) in [5.74, 6) is 0.365. The number of benzene rings is 3. The number of amides is 2. The summed E-state index contributed by atoms with van der Waals surface area (Å²) in [6.07, 6.45) is 2.58. The molecule has 0 spiro atoms. The van der Waals surface area contributed by atoms with Gasteiger partial charge in [0.05, 0.1) is 40.2 Å². The van der Waals surface area contributed by atoms with E-state index in [2.05, 4.69) is 10.2 Å². The van der Waals surface area contributed by atoms with Gasteiger partial charge in [0.15, 0.2) is 17.1 Å². The number of imide groups is 1. The van der Waals surface area contributed by atoms with Gasteiger partial charge in [-0.2, -0.15) is 0 Å². The van der Waals surface area contributed by atoms with Crippen molar-refractivity contribution in [2.24, 2.45) is 5.92 Å². The Morgan fingerprint density at radius 1 is 0.771 bits per heavy atom. The van der Waals surface area contributed by atoms with Crippen LogP contribution in [-0.4, -0.2) is 71.0 Å². The predicted molar refractivity (Wildman–Crippen MR) is 180 cm³/mol. The van der Waals surface area contributed by atoms with Crippen LogP contribution >= 0.6 is 0 Å². The van der Waals surface area contributed by atoms with Crippen LogP contribution < -0.4 is 0 Å². The topological polar surface area (TPSA) is 117 Å². The quantitative estimate of drug-likeness (QED) is 0.229. The van der Waals surface area contributed by atoms with Gasteiger partial charge < -0.3 is 10.0 Å². The van der Waals surface area contributed by atoms with Crippen LogP contribution in [0.2, 0.25) is 0 Å². The zero-order valence-electron chi connectivity index (χ0n) is 26.7. The van der Waals surface area contributed by atoms with E-state index in [1.54, 1.807) is 24.3 Å². The first-order chi connectivity index (χ1) is 23.3. The molecule has 3 aromatic heterocycles. The molecule has 1 N–H and O–H groups in total. The average Bonchev–Trinajstić information content (AvgIpc) is 3.83. The molecular formula is C38H33N7O3. The summed E-state index contributed by atoms with van der Waals surface area (Å²) >= 11 is 0. The van der Waals surface area contributed by atoms with Gasteiger partial charge in [0.2, 0.25) is 0 Å². The van der Waals surface area contributed by atoms with Gasteiger partial charge in [0.1, 0.15) is 5.52 Å². The Balaban J connectivity index is 1.17. The first kappa shape index (κ1) is 28.9. The van der Waals surface area contributed by atoms with Crippen LogP contribution in [0, 0.1) is 5.92 Å². The lowest BCUT2D eigenvalue weighted by Gasteiger charge is -2.57. The van der Waals surface area contributed by atoms with E-state index in [-0.39, 0.29) is 17.7 Å². The molecule has 0 bridgehead atoms. The number of aliphatic hydroxyl groups is 1. The molecule has 2 aliphatic carbocycles. The molecule has 238 valence electrons. The molecule has 4 heterocycles. The number of pyridine rings is 1. The van der Waals surface area contributed by atoms with Gasteiger partial charge in [-0.05, 0) is 62.7 Å². The van der Waals surface area contributed by atoms with Gasteiger partial charge in [0, 0.05) is 24.0 Å². The van der Waals surface area contributed by atoms with E-state index in [0.29, 0.717) is 53.0 Å². The van der Waals surface area contributed by atoms with Crippen molar-refractivity contribution in [2.75, 3.05) is 14.1 Å². The number of hydrogen-bond donors (Lipinski definition) is 1. The lowest BCUT2D eigenvalue weighted by atomic mass is 9.58. The van der Waals surface area contributed by atoms with Crippen molar-refractivity contribution < 1.29 is 14.7 Å². The second-order valence-electron chi connectivity index (χ2n) is 13.7. The van der Waals surface area contributed by atoms with Crippen LogP contribution in [-0.2, 0) is 12.1 Å². The van der Waals surface area contributed by atoms with Gasteiger partial charge in [-0.15, -0.1) is 10.2 Å². The summed E-state index contributed by atoms with van der Waals surface area (Å²) in [7, 11) is 3.98. The van der Waals surface area contributed by atoms with E-state index in [4.69, 9.17) is 9.97 Å². The van der Waals surface area contributed by atoms with Crippen molar-refractivity contribution in [2.45, 2.75) is 43.4 Å². The monoisotopic (exact) mass is 635 g/mol. The molecule has 3 aromatic carbocycles. The number of carbonyl (C=O) groups excluding carboxylic acids is 2. The lowest BCUT2D eigenvalue weighted by molar-refractivity contribution is -0.143. The Kier molecular flexibility index (Phi) is 6.22. The first-order valence-corrected chi connectivity index (χ1v) is 16.3. The maximum Gasteiger partial charge on any atom is 0.262 e. The molecule has 10 nitrogen and oxygen atoms in total. The average molecular weight is 636 g/mol. The lowest BCUT2D eigenvalue weighted by Crippen LogP contribution is -2.65. The molecule has 10 heteroatoms. The highest BCUT2D eigenvalue weighted by molar-refractivity contribution is 6.22. The van der Waals surface area contributed by atoms with Gasteiger partial charge in [-0.25, -0.2) is 9.97 Å². The number of carbonyl (C=O) groups is 2. The Hall–Kier alpha value is -5.32. The summed E-state index contributed by atoms with van der Waals surface area (Å²) in [5.41, 5.74) is 5.08. The molecule has 9 rings (SSSR count). The molecule has 2 saturated carbocycles. The molecule has 6 aromatic rings. The fourth-order valence-corrected chi connectivity index (χ4v) is 7.80. The summed E-state index contributed by atoms with van der Waals surface area (Å²) in [6.45, 7) is 0.594. The maximum absolute atomic E-state index is 13.8. The standard InChI is InChI=1S/C38H33N7O3/c1-43(2)20-31-42-41-30-19-18-29-34(44(30)31)40-33(23-8-4-3-5-9-23)32(39-29)24-12-14-25(15-13-24)37(21-38(48,22-37)26-16-17-26)45-35(46)27-10-6-7-11-28(27)36(45)47/h3-15,18-19,26,48H,16-17,20-22H2,1-2H3/t37-,38+. The molecule has 0 radical (unpaired) electrons. The van der Waals surface area contributed by atoms with E-state index in [1.807, 2.05) is 90.1 Å². The fourth-order valence-electron chi connectivity index (χ4n) is 7.80. The van der Waals surface area contributed by atoms with Crippen LogP contribution in [0.5, 0.6) is 0 Å². The third-order valence-electron chi connectivity index (χ3n) is 10.2. The molecule has 0 saturated heterocycles. The van der Waals surface area contributed by atoms with Gasteiger partial charge in [-0.3, -0.25) is 18.9 Å². The van der Waals surface area contributed by atoms with Gasteiger partial charge >= 0.3 is 0 Å². The SMILES string of the molecule is CN(C)Cc1nnc2ccc3nc(-c4ccc([C@]5(N6C(=O)c7ccccc7C6=O)C[C@](O)(C6CC6)C5)cc4)c(-c4ccccc4)nc3n12. The Labute approximate surface area is 276 Å². The van der Waals surface area contributed by atoms with E-state index in [0.717, 1.165) is 41.1 Å². The van der Waals surface area contributed by atoms with Crippen molar-refractivity contribution in [1.29, 1.82) is 0 Å². The number of hydrogen-bond acceptors (Lipinski definition) is 8. The maximum atomic E-state index is 13.8. The number of rotatable bonds is 7. The normalized spacial score (nSPS) is 22.1. The Morgan fingerprint density at radius 3 is 2.04 bits per heavy atom. The van der Waals surface area contributed by atoms with Crippen molar-refractivity contribution in [3.8, 4) is 22.5 Å². The van der Waals surface area contributed by atoms with E-state index in [9.17, 15) is 14.7 Å². The molecule has 0 atom stereocenters. The second-order valence-corrected chi connectivity index (χ2v) is 13.7. The van der Waals surface area contributed by atoms with Crippen molar-refractivity contribution in [1.82, 2.24) is 34.4 Å². The summed E-state index contributed by atoms with van der Waals surface area (Å²) in [5, 5.41) is 20.3. The van der Waals surface area contributed by atoms with Crippen LogP contribution in [0.3, 0.4) is 0 Å². The molecule has 2 fully saturated rings. The van der Waals surface area contributed by atoms with Crippen LogP contribution in [0.4, 0.5) is 0 Å². The number of fused-ring (bicyclic) bond motifs is 4. The highest BCUT2D eigenvalue weighted by Crippen LogP contribution is 2.61. The summed E-state index contributed by atoms with van der Waals surface area (Å²) in [4.78, 5) is 41.4. The van der Waals surface area contributed by atoms with Crippen molar-refractivity contribution >= 4 is 28.6 Å². The third-order valence-corrected chi connectivity index (χ3v) is 10.2. The highest BCUT2D eigenvalue weighted by Gasteiger charge is 2.66. The number of aromatic nitrogens is 5. The molecule has 2 amide bonds. The largest absolute Gasteiger partial charge is 0.389 e. The minimum Gasteiger partial charge on any atom is -0.389 e. The summed E-state index contributed by atoms with van der Waals surface area (Å²) < 4.78 is 1.96. The first-order valence-electron chi connectivity index (χ1n) is 16.3. The van der Waals surface area contributed by atoms with Crippen LogP contribution in [0.15, 0.2) is 91.0 Å². The summed E-state index contributed by atoms with van der Waals surface area (Å²) in [6, 6.07) is 28.7. The molecular weight excluding hydrogens is 602 g/mol. The molecule has 3 aliphatic rings.